The van der Waals surface area contributed by atoms with Crippen LogP contribution in [0.4, 0.5) is 0 Å². The molecule has 56 heavy (non-hydrogen) atoms. The monoisotopic (exact) mass is 759 g/mol. The standard InChI is InChI=1S/C54H78O2/c1-12-15-17-19-21-23-29-41-30-25-27-33-43(41)44(14-3)54(46-37-48(52(6,7)8)50(55)35-39(46)4,47-38-49(53(9,10)11)51(56)36-40(47)5)45-34-28-26-32-42(45)31-24-22-20-18-16-13-2/h25-28,30,32-38,44,55-56H,12-24,29,31H2,1-11H3. The Labute approximate surface area is 343 Å². The van der Waals surface area contributed by atoms with Crippen molar-refractivity contribution in [3.05, 3.63) is 128 Å². The third-order valence-corrected chi connectivity index (χ3v) is 12.6. The van der Waals surface area contributed by atoms with Gasteiger partial charge in [0, 0.05) is 5.92 Å². The zero-order chi connectivity index (χ0) is 41.1. The van der Waals surface area contributed by atoms with Crippen LogP contribution in [0.15, 0.2) is 72.8 Å². The molecule has 2 nitrogen and oxygen atoms in total. The van der Waals surface area contributed by atoms with Crippen molar-refractivity contribution in [2.75, 3.05) is 0 Å². The largest absolute Gasteiger partial charge is 0.508 e. The van der Waals surface area contributed by atoms with E-state index in [1.807, 2.05) is 12.1 Å². The quantitative estimate of drug-likeness (QED) is 0.0696. The fraction of sp³-hybridized carbons (Fsp3) is 0.556. The van der Waals surface area contributed by atoms with Crippen LogP contribution >= 0.6 is 0 Å². The summed E-state index contributed by atoms with van der Waals surface area (Å²) < 4.78 is 0. The van der Waals surface area contributed by atoms with Crippen molar-refractivity contribution in [2.24, 2.45) is 0 Å². The van der Waals surface area contributed by atoms with Crippen LogP contribution < -0.4 is 0 Å². The van der Waals surface area contributed by atoms with E-state index in [1.165, 1.54) is 104 Å². The molecule has 0 saturated heterocycles. The summed E-state index contributed by atoms with van der Waals surface area (Å²) in [4.78, 5) is 0. The second kappa shape index (κ2) is 20.3. The summed E-state index contributed by atoms with van der Waals surface area (Å²) in [7, 11) is 0. The van der Waals surface area contributed by atoms with Crippen molar-refractivity contribution in [3.63, 3.8) is 0 Å². The second-order valence-electron chi connectivity index (χ2n) is 19.0. The Balaban J connectivity index is 2.17. The maximum Gasteiger partial charge on any atom is 0.119 e. The van der Waals surface area contributed by atoms with E-state index < -0.39 is 5.41 Å². The highest BCUT2D eigenvalue weighted by atomic mass is 16.3. The van der Waals surface area contributed by atoms with Gasteiger partial charge in [-0.2, -0.15) is 0 Å². The molecule has 0 aliphatic rings. The fourth-order valence-electron chi connectivity index (χ4n) is 9.61. The van der Waals surface area contributed by atoms with Gasteiger partial charge >= 0.3 is 0 Å². The topological polar surface area (TPSA) is 40.5 Å². The summed E-state index contributed by atoms with van der Waals surface area (Å²) in [6.45, 7) is 24.7. The van der Waals surface area contributed by atoms with E-state index in [-0.39, 0.29) is 16.7 Å². The molecule has 0 aliphatic heterocycles. The molecule has 4 aromatic carbocycles. The molecular weight excluding hydrogens is 681 g/mol. The molecule has 2 heteroatoms. The normalized spacial score (nSPS) is 13.0. The van der Waals surface area contributed by atoms with Crippen molar-refractivity contribution in [2.45, 2.75) is 195 Å². The first-order valence-electron chi connectivity index (χ1n) is 22.5. The molecule has 306 valence electrons. The van der Waals surface area contributed by atoms with Gasteiger partial charge in [-0.1, -0.05) is 187 Å². The minimum absolute atomic E-state index is 0.0802. The van der Waals surface area contributed by atoms with Gasteiger partial charge in [-0.25, -0.2) is 0 Å². The molecule has 0 radical (unpaired) electrons. The van der Waals surface area contributed by atoms with Gasteiger partial charge in [-0.3, -0.25) is 0 Å². The molecule has 1 unspecified atom stereocenters. The summed E-state index contributed by atoms with van der Waals surface area (Å²) >= 11 is 0. The third-order valence-electron chi connectivity index (χ3n) is 12.6. The number of hydrogen-bond donors (Lipinski definition) is 2. The lowest BCUT2D eigenvalue weighted by Crippen LogP contribution is -2.40. The van der Waals surface area contributed by atoms with E-state index in [1.54, 1.807) is 0 Å². The minimum Gasteiger partial charge on any atom is -0.508 e. The van der Waals surface area contributed by atoms with Crippen LogP contribution in [0.3, 0.4) is 0 Å². The number of aryl methyl sites for hydroxylation is 4. The van der Waals surface area contributed by atoms with Crippen LogP contribution in [0, 0.1) is 13.8 Å². The zero-order valence-corrected chi connectivity index (χ0v) is 37.5. The highest BCUT2D eigenvalue weighted by Crippen LogP contribution is 2.57. The molecule has 0 saturated carbocycles. The molecule has 0 aromatic heterocycles. The molecule has 0 spiro atoms. The minimum atomic E-state index is -0.625. The van der Waals surface area contributed by atoms with Gasteiger partial charge in [0.25, 0.3) is 0 Å². The SMILES string of the molecule is CCCCCCCCc1ccccc1C(CC)C(c1cc(C(C)(C)C)c(O)cc1C)(c1cc(C(C)(C)C)c(O)cc1C)c1ccccc1CCCCCCCC. The molecule has 1 atom stereocenters. The summed E-state index contributed by atoms with van der Waals surface area (Å²) in [5.74, 6) is 0.807. The van der Waals surface area contributed by atoms with Gasteiger partial charge in [-0.15, -0.1) is 0 Å². The van der Waals surface area contributed by atoms with Crippen LogP contribution in [0.2, 0.25) is 0 Å². The number of rotatable bonds is 20. The zero-order valence-electron chi connectivity index (χ0n) is 37.5. The maximum absolute atomic E-state index is 11.7. The molecule has 4 rings (SSSR count). The van der Waals surface area contributed by atoms with Gasteiger partial charge in [0.2, 0.25) is 0 Å². The van der Waals surface area contributed by atoms with Gasteiger partial charge in [0.1, 0.15) is 11.5 Å². The highest BCUT2D eigenvalue weighted by molar-refractivity contribution is 5.65. The lowest BCUT2D eigenvalue weighted by atomic mass is 9.55. The Hall–Kier alpha value is -3.52. The molecule has 0 fully saturated rings. The molecule has 0 aliphatic carbocycles. The van der Waals surface area contributed by atoms with Crippen molar-refractivity contribution < 1.29 is 10.2 Å². The summed E-state index contributed by atoms with van der Waals surface area (Å²) in [5.41, 5.74) is 11.1. The average Bonchev–Trinajstić information content (AvgIpc) is 3.13. The lowest BCUT2D eigenvalue weighted by Gasteiger charge is -2.47. The number of unbranched alkanes of at least 4 members (excludes halogenated alkanes) is 10. The van der Waals surface area contributed by atoms with Crippen LogP contribution in [0.5, 0.6) is 11.5 Å². The second-order valence-corrected chi connectivity index (χ2v) is 19.0. The van der Waals surface area contributed by atoms with Crippen molar-refractivity contribution in [3.8, 4) is 11.5 Å². The third kappa shape index (κ3) is 10.5. The van der Waals surface area contributed by atoms with E-state index in [9.17, 15) is 10.2 Å². The molecule has 0 amide bonds. The van der Waals surface area contributed by atoms with Crippen LogP contribution in [-0.4, -0.2) is 10.2 Å². The van der Waals surface area contributed by atoms with Gasteiger partial charge in [-0.05, 0) is 125 Å². The van der Waals surface area contributed by atoms with Crippen LogP contribution in [-0.2, 0) is 29.1 Å². The van der Waals surface area contributed by atoms with Gasteiger partial charge in [0.05, 0.1) is 5.41 Å². The lowest BCUT2D eigenvalue weighted by molar-refractivity contribution is 0.428. The van der Waals surface area contributed by atoms with E-state index in [0.717, 1.165) is 47.9 Å². The van der Waals surface area contributed by atoms with Gasteiger partial charge in [0.15, 0.2) is 0 Å². The number of benzene rings is 4. The average molecular weight is 759 g/mol. The molecular formula is C54H78O2. The van der Waals surface area contributed by atoms with Gasteiger partial charge < -0.3 is 10.2 Å². The Kier molecular flexibility index (Phi) is 16.3. The van der Waals surface area contributed by atoms with Crippen molar-refractivity contribution in [1.82, 2.24) is 0 Å². The number of aromatic hydroxyl groups is 2. The molecule has 0 heterocycles. The van der Waals surface area contributed by atoms with Crippen LogP contribution in [0.25, 0.3) is 0 Å². The first kappa shape index (κ1) is 45.2. The number of phenols is 2. The fourth-order valence-corrected chi connectivity index (χ4v) is 9.61. The Bertz CT molecular complexity index is 1760. The molecule has 2 N–H and O–H groups in total. The predicted molar refractivity (Wildman–Crippen MR) is 243 cm³/mol. The predicted octanol–water partition coefficient (Wildman–Crippen LogP) is 15.6. The number of phenolic OH excluding ortho intramolecular Hbond substituents is 2. The first-order valence-corrected chi connectivity index (χ1v) is 22.5. The van der Waals surface area contributed by atoms with E-state index in [4.69, 9.17) is 0 Å². The Morgan fingerprint density at radius 1 is 0.464 bits per heavy atom. The maximum atomic E-state index is 11.7. The number of hydrogen-bond acceptors (Lipinski definition) is 2. The van der Waals surface area contributed by atoms with Crippen molar-refractivity contribution >= 4 is 0 Å². The highest BCUT2D eigenvalue weighted by Gasteiger charge is 2.48. The Morgan fingerprint density at radius 3 is 1.34 bits per heavy atom. The molecule has 4 aromatic rings. The van der Waals surface area contributed by atoms with E-state index in [0.29, 0.717) is 11.5 Å². The summed E-state index contributed by atoms with van der Waals surface area (Å²) in [5, 5.41) is 23.3. The molecule has 0 bridgehead atoms. The first-order chi connectivity index (χ1) is 26.6. The van der Waals surface area contributed by atoms with E-state index in [2.05, 4.69) is 137 Å². The smallest absolute Gasteiger partial charge is 0.119 e. The summed E-state index contributed by atoms with van der Waals surface area (Å²) in [6, 6.07) is 27.4. The van der Waals surface area contributed by atoms with Crippen molar-refractivity contribution in [1.29, 1.82) is 0 Å². The van der Waals surface area contributed by atoms with Crippen LogP contribution in [0.1, 0.15) is 207 Å². The Morgan fingerprint density at radius 2 is 0.875 bits per heavy atom. The van der Waals surface area contributed by atoms with E-state index >= 15 is 0 Å². The summed E-state index contributed by atoms with van der Waals surface area (Å²) in [6.07, 6.45) is 18.2.